The number of carbonyl (C=O) groups excluding carboxylic acids is 1. The van der Waals surface area contributed by atoms with Crippen molar-refractivity contribution >= 4 is 42.4 Å². The molecule has 1 aliphatic heterocycles. The van der Waals surface area contributed by atoms with Gasteiger partial charge in [0.25, 0.3) is 0 Å². The number of nitrogen functional groups attached to an aromatic ring is 1. The van der Waals surface area contributed by atoms with Crippen molar-refractivity contribution in [3.63, 3.8) is 0 Å². The molecule has 2 aromatic heterocycles. The van der Waals surface area contributed by atoms with Crippen LogP contribution in [0.1, 0.15) is 40.8 Å². The fourth-order valence-corrected chi connectivity index (χ4v) is 5.84. The number of ether oxygens (including phenoxy) is 3. The van der Waals surface area contributed by atoms with Gasteiger partial charge in [-0.05, 0) is 58.9 Å². The van der Waals surface area contributed by atoms with Crippen molar-refractivity contribution in [1.82, 2.24) is 24.6 Å². The van der Waals surface area contributed by atoms with E-state index in [0.29, 0.717) is 11.6 Å². The first-order valence-corrected chi connectivity index (χ1v) is 15.0. The molecule has 1 aromatic carbocycles. The highest BCUT2D eigenvalue weighted by Crippen LogP contribution is 2.47. The number of fused-ring (bicyclic) bond motifs is 1. The molecule has 1 fully saturated rings. The summed E-state index contributed by atoms with van der Waals surface area (Å²) in [7, 11) is -4.31. The number of anilines is 1. The van der Waals surface area contributed by atoms with E-state index >= 15 is 0 Å². The number of aliphatic hydroxyl groups is 2. The summed E-state index contributed by atoms with van der Waals surface area (Å²) < 4.78 is 43.2. The van der Waals surface area contributed by atoms with Crippen molar-refractivity contribution in [3.8, 4) is 11.6 Å². The van der Waals surface area contributed by atoms with Crippen LogP contribution >= 0.6 is 19.3 Å². The van der Waals surface area contributed by atoms with E-state index in [1.807, 2.05) is 0 Å². The molecule has 17 heteroatoms. The predicted molar refractivity (Wildman–Crippen MR) is 151 cm³/mol. The van der Waals surface area contributed by atoms with Crippen LogP contribution in [-0.4, -0.2) is 78.9 Å². The third-order valence-corrected chi connectivity index (χ3v) is 8.10. The highest BCUT2D eigenvalue weighted by Gasteiger charge is 2.54. The van der Waals surface area contributed by atoms with Gasteiger partial charge >= 0.3 is 13.7 Å². The van der Waals surface area contributed by atoms with Crippen LogP contribution in [0.15, 0.2) is 30.6 Å². The normalized spacial score (nSPS) is 24.5. The molecule has 0 spiro atoms. The summed E-state index contributed by atoms with van der Waals surface area (Å²) in [4.78, 5) is 24.9. The lowest BCUT2D eigenvalue weighted by molar-refractivity contribution is -0.149. The van der Waals surface area contributed by atoms with Gasteiger partial charge in [-0.1, -0.05) is 11.6 Å². The fourth-order valence-electron chi connectivity index (χ4n) is 4.21. The number of rotatable bonds is 12. The van der Waals surface area contributed by atoms with Crippen LogP contribution in [0.5, 0.6) is 11.6 Å². The van der Waals surface area contributed by atoms with Crippen LogP contribution in [0.4, 0.5) is 5.95 Å². The number of hydrogen-bond acceptors (Lipinski definition) is 13. The van der Waals surface area contributed by atoms with Gasteiger partial charge in [-0.25, -0.2) is 9.55 Å². The number of aromatic nitrogens is 4. The monoisotopic (exact) mass is 628 g/mol. The highest BCUT2D eigenvalue weighted by atomic mass is 35.5. The smallest absolute Gasteiger partial charge is 0.459 e. The van der Waals surface area contributed by atoms with Gasteiger partial charge in [0.15, 0.2) is 17.4 Å². The summed E-state index contributed by atoms with van der Waals surface area (Å²) in [5.41, 5.74) is 4.42. The van der Waals surface area contributed by atoms with Crippen LogP contribution in [0.25, 0.3) is 11.2 Å². The minimum Gasteiger partial charge on any atom is -0.476 e. The lowest BCUT2D eigenvalue weighted by Crippen LogP contribution is -2.44. The Labute approximate surface area is 246 Å². The molecular weight excluding hydrogens is 595 g/mol. The zero-order chi connectivity index (χ0) is 30.8. The maximum Gasteiger partial charge on any atom is 0.459 e. The van der Waals surface area contributed by atoms with Crippen LogP contribution in [0.2, 0.25) is 5.02 Å². The molecule has 42 heavy (non-hydrogen) atoms. The second-order valence-corrected chi connectivity index (χ2v) is 12.1. The topological polar surface area (TPSA) is 202 Å². The largest absolute Gasteiger partial charge is 0.476 e. The maximum absolute atomic E-state index is 13.9. The molecule has 1 saturated heterocycles. The molecule has 3 heterocycles. The Morgan fingerprint density at radius 2 is 1.98 bits per heavy atom. The van der Waals surface area contributed by atoms with Gasteiger partial charge in [-0.2, -0.15) is 15.1 Å². The summed E-state index contributed by atoms with van der Waals surface area (Å²) in [6.07, 6.45) is -3.04. The van der Waals surface area contributed by atoms with Crippen molar-refractivity contribution in [3.05, 3.63) is 35.6 Å². The Bertz CT molecular complexity index is 1450. The molecule has 0 saturated carbocycles. The number of aliphatic hydroxyl groups excluding tert-OH is 1. The van der Waals surface area contributed by atoms with Crippen LogP contribution in [0.3, 0.4) is 0 Å². The van der Waals surface area contributed by atoms with E-state index in [2.05, 4.69) is 20.0 Å². The second kappa shape index (κ2) is 12.7. The van der Waals surface area contributed by atoms with Crippen LogP contribution in [0, 0.1) is 0 Å². The number of nitrogens with zero attached hydrogens (tertiary/aromatic N) is 4. The summed E-state index contributed by atoms with van der Waals surface area (Å²) in [6, 6.07) is 4.87. The Hall–Kier alpha value is -3.04. The minimum atomic E-state index is -4.31. The molecule has 0 aliphatic carbocycles. The Morgan fingerprint density at radius 3 is 2.62 bits per heavy atom. The van der Waals surface area contributed by atoms with Gasteiger partial charge in [0, 0.05) is 5.02 Å². The average Bonchev–Trinajstić information content (AvgIpc) is 3.41. The quantitative estimate of drug-likeness (QED) is 0.168. The summed E-state index contributed by atoms with van der Waals surface area (Å²) >= 11 is 5.94. The van der Waals surface area contributed by atoms with Gasteiger partial charge in [-0.15, -0.1) is 0 Å². The van der Waals surface area contributed by atoms with Gasteiger partial charge in [0.05, 0.1) is 25.6 Å². The van der Waals surface area contributed by atoms with E-state index < -0.39 is 56.5 Å². The maximum atomic E-state index is 13.9. The van der Waals surface area contributed by atoms with Gasteiger partial charge in [-0.3, -0.25) is 13.9 Å². The van der Waals surface area contributed by atoms with E-state index in [1.165, 1.54) is 49.0 Å². The average molecular weight is 629 g/mol. The third-order valence-electron chi connectivity index (χ3n) is 6.20. The minimum absolute atomic E-state index is 0.0951. The molecule has 1 aliphatic rings. The van der Waals surface area contributed by atoms with Gasteiger partial charge < -0.3 is 34.7 Å². The molecular formula is C25H34ClN6O9P. The van der Waals surface area contributed by atoms with Gasteiger partial charge in [0.2, 0.25) is 11.8 Å². The van der Waals surface area contributed by atoms with Crippen molar-refractivity contribution in [2.75, 3.05) is 18.9 Å². The van der Waals surface area contributed by atoms with Crippen molar-refractivity contribution < 1.29 is 42.8 Å². The summed E-state index contributed by atoms with van der Waals surface area (Å²) in [5.74, 6) is -0.506. The molecule has 230 valence electrons. The number of benzene rings is 1. The molecule has 3 aromatic rings. The van der Waals surface area contributed by atoms with E-state index in [9.17, 15) is 19.6 Å². The molecule has 4 rings (SSSR count). The zero-order valence-corrected chi connectivity index (χ0v) is 25.3. The Kier molecular flexibility index (Phi) is 9.62. The highest BCUT2D eigenvalue weighted by molar-refractivity contribution is 7.52. The van der Waals surface area contributed by atoms with Crippen molar-refractivity contribution in [2.24, 2.45) is 0 Å². The molecule has 0 bridgehead atoms. The molecule has 5 N–H and O–H groups in total. The summed E-state index contributed by atoms with van der Waals surface area (Å²) in [5, 5.41) is 25.3. The summed E-state index contributed by atoms with van der Waals surface area (Å²) in [6.45, 7) is 7.68. The van der Waals surface area contributed by atoms with Gasteiger partial charge in [0.1, 0.15) is 29.6 Å². The number of hydrogen-bond donors (Lipinski definition) is 4. The number of carbonyl (C=O) groups is 1. The number of imidazole rings is 1. The SMILES string of the molecule is CCOc1nc(N)nc2c1ncn2[C@@H]1O[C@H](COP(=O)(N[C@@H](C)C(=O)OC(C)C)Oc2ccc(Cl)cc2)[C@@H](O)[C@@]1(C)O. The zero-order valence-electron chi connectivity index (χ0n) is 23.6. The predicted octanol–water partition coefficient (Wildman–Crippen LogP) is 2.60. The first-order valence-electron chi connectivity index (χ1n) is 13.1. The van der Waals surface area contributed by atoms with Crippen LogP contribution < -0.4 is 20.1 Å². The molecule has 6 atom stereocenters. The second-order valence-electron chi connectivity index (χ2n) is 10.0. The standard InChI is InChI=1S/C25H34ClN6O9P/c1-6-37-21-18-20(29-24(27)30-21)32(12-28-18)23-25(5,35)19(33)17(40-23)11-38-42(36,31-14(4)22(34)39-13(2)3)41-16-9-7-15(26)8-10-16/h7-10,12-14,17,19,23,33,35H,6,11H2,1-5H3,(H,31,36)(H2,27,29,30)/t14-,17+,19+,23+,25+,42?/m0/s1. The fraction of sp³-hybridized carbons (Fsp3) is 0.520. The Morgan fingerprint density at radius 1 is 1.29 bits per heavy atom. The lowest BCUT2D eigenvalue weighted by atomic mass is 9.96. The number of esters is 1. The van der Waals surface area contributed by atoms with E-state index in [1.54, 1.807) is 20.8 Å². The van der Waals surface area contributed by atoms with E-state index in [-0.39, 0.29) is 28.7 Å². The van der Waals surface area contributed by atoms with E-state index in [4.69, 9.17) is 40.6 Å². The first kappa shape index (κ1) is 31.9. The lowest BCUT2D eigenvalue weighted by Gasteiger charge is -2.27. The molecule has 1 unspecified atom stereocenters. The molecule has 0 radical (unpaired) electrons. The molecule has 15 nitrogen and oxygen atoms in total. The molecule has 0 amide bonds. The van der Waals surface area contributed by atoms with E-state index in [0.717, 1.165) is 0 Å². The van der Waals surface area contributed by atoms with Crippen LogP contribution in [-0.2, 0) is 23.4 Å². The number of nitrogens with one attached hydrogen (secondary N) is 1. The first-order chi connectivity index (χ1) is 19.7. The Balaban J connectivity index is 1.57. The van der Waals surface area contributed by atoms with Crippen molar-refractivity contribution in [2.45, 2.75) is 70.8 Å². The number of nitrogens with two attached hydrogens (primary N) is 1. The third kappa shape index (κ3) is 6.94. The number of halogens is 1. The van der Waals surface area contributed by atoms with Crippen molar-refractivity contribution in [1.29, 1.82) is 0 Å².